The van der Waals surface area contributed by atoms with Gasteiger partial charge >= 0.3 is 5.97 Å². The van der Waals surface area contributed by atoms with Crippen LogP contribution in [0.15, 0.2) is 24.3 Å². The second-order valence-electron chi connectivity index (χ2n) is 6.20. The van der Waals surface area contributed by atoms with Crippen molar-refractivity contribution in [3.05, 3.63) is 35.4 Å². The number of amides is 1. The van der Waals surface area contributed by atoms with Crippen molar-refractivity contribution in [3.63, 3.8) is 0 Å². The minimum absolute atomic E-state index is 0.0286. The van der Waals surface area contributed by atoms with E-state index in [2.05, 4.69) is 33.0 Å². The van der Waals surface area contributed by atoms with Crippen molar-refractivity contribution in [1.82, 2.24) is 5.32 Å². The van der Waals surface area contributed by atoms with E-state index < -0.39 is 5.97 Å². The lowest BCUT2D eigenvalue weighted by Gasteiger charge is -2.09. The van der Waals surface area contributed by atoms with E-state index in [1.165, 1.54) is 6.07 Å². The van der Waals surface area contributed by atoms with Gasteiger partial charge < -0.3 is 10.4 Å². The SMILES string of the molecule is CC1(C)C(NC(=O)c2ccccc2C(=O)O)C1(C)C. The number of carboxylic acids is 1. The van der Waals surface area contributed by atoms with Gasteiger partial charge in [0.25, 0.3) is 5.91 Å². The lowest BCUT2D eigenvalue weighted by molar-refractivity contribution is 0.0690. The van der Waals surface area contributed by atoms with E-state index >= 15 is 0 Å². The van der Waals surface area contributed by atoms with Crippen LogP contribution >= 0.6 is 0 Å². The molecule has 2 rings (SSSR count). The summed E-state index contributed by atoms with van der Waals surface area (Å²) in [5.41, 5.74) is 0.312. The number of carboxylic acid groups (broad SMARTS) is 1. The molecule has 0 atom stereocenters. The fourth-order valence-corrected chi connectivity index (χ4v) is 2.63. The molecule has 0 unspecified atom stereocenters. The predicted molar refractivity (Wildman–Crippen MR) is 72.2 cm³/mol. The Morgan fingerprint density at radius 3 is 1.95 bits per heavy atom. The van der Waals surface area contributed by atoms with Crippen molar-refractivity contribution in [2.24, 2.45) is 10.8 Å². The second kappa shape index (κ2) is 4.08. The lowest BCUT2D eigenvalue weighted by atomic mass is 10.0. The van der Waals surface area contributed by atoms with E-state index in [1.807, 2.05) is 0 Å². The van der Waals surface area contributed by atoms with E-state index in [9.17, 15) is 9.59 Å². The molecule has 0 saturated heterocycles. The quantitative estimate of drug-likeness (QED) is 0.878. The van der Waals surface area contributed by atoms with Crippen molar-refractivity contribution in [2.75, 3.05) is 0 Å². The first-order valence-corrected chi connectivity index (χ1v) is 6.33. The van der Waals surface area contributed by atoms with E-state index in [-0.39, 0.29) is 33.9 Å². The summed E-state index contributed by atoms with van der Waals surface area (Å²) in [4.78, 5) is 23.3. The Hall–Kier alpha value is -1.84. The highest BCUT2D eigenvalue weighted by Gasteiger charge is 2.65. The van der Waals surface area contributed by atoms with Gasteiger partial charge in [-0.05, 0) is 23.0 Å². The van der Waals surface area contributed by atoms with Crippen LogP contribution in [0, 0.1) is 10.8 Å². The third kappa shape index (κ3) is 2.01. The third-order valence-electron chi connectivity index (χ3n) is 4.70. The highest BCUT2D eigenvalue weighted by molar-refractivity contribution is 6.05. The number of carbonyl (C=O) groups excluding carboxylic acids is 1. The molecular weight excluding hydrogens is 242 g/mol. The zero-order valence-corrected chi connectivity index (χ0v) is 11.7. The Morgan fingerprint density at radius 1 is 1.05 bits per heavy atom. The normalized spacial score (nSPS) is 19.8. The van der Waals surface area contributed by atoms with Gasteiger partial charge in [-0.15, -0.1) is 0 Å². The zero-order valence-electron chi connectivity index (χ0n) is 11.7. The molecule has 4 nitrogen and oxygen atoms in total. The van der Waals surface area contributed by atoms with Gasteiger partial charge in [0.15, 0.2) is 0 Å². The first kappa shape index (κ1) is 13.6. The summed E-state index contributed by atoms with van der Waals surface area (Å²) in [5.74, 6) is -1.40. The summed E-state index contributed by atoms with van der Waals surface area (Å²) in [5, 5.41) is 12.0. The van der Waals surface area contributed by atoms with Crippen molar-refractivity contribution in [2.45, 2.75) is 33.7 Å². The Kier molecular flexibility index (Phi) is 2.92. The molecule has 0 radical (unpaired) electrons. The van der Waals surface area contributed by atoms with Crippen LogP contribution in [-0.2, 0) is 0 Å². The molecule has 1 aromatic carbocycles. The average Bonchev–Trinajstić information content (AvgIpc) is 2.71. The van der Waals surface area contributed by atoms with Gasteiger partial charge in [-0.25, -0.2) is 4.79 Å². The number of aromatic carboxylic acids is 1. The Balaban J connectivity index is 2.21. The van der Waals surface area contributed by atoms with E-state index in [0.29, 0.717) is 0 Å². The molecule has 1 saturated carbocycles. The fraction of sp³-hybridized carbons (Fsp3) is 0.467. The standard InChI is InChI=1S/C15H19NO3/c1-14(2)13(15(14,3)4)16-11(17)9-7-5-6-8-10(9)12(18)19/h5-8,13H,1-4H3,(H,16,17)(H,18,19). The molecule has 0 aromatic heterocycles. The van der Waals surface area contributed by atoms with Crippen LogP contribution in [0.3, 0.4) is 0 Å². The van der Waals surface area contributed by atoms with Crippen LogP contribution < -0.4 is 5.32 Å². The number of rotatable bonds is 3. The van der Waals surface area contributed by atoms with Gasteiger partial charge in [-0.1, -0.05) is 39.8 Å². The van der Waals surface area contributed by atoms with Crippen LogP contribution in [-0.4, -0.2) is 23.0 Å². The van der Waals surface area contributed by atoms with E-state index in [1.54, 1.807) is 18.2 Å². The number of nitrogens with one attached hydrogen (secondary N) is 1. The molecule has 1 aliphatic carbocycles. The second-order valence-corrected chi connectivity index (χ2v) is 6.20. The highest BCUT2D eigenvalue weighted by Crippen LogP contribution is 2.62. The van der Waals surface area contributed by atoms with Crippen molar-refractivity contribution in [1.29, 1.82) is 0 Å². The monoisotopic (exact) mass is 261 g/mol. The molecule has 0 aliphatic heterocycles. The molecule has 19 heavy (non-hydrogen) atoms. The Morgan fingerprint density at radius 2 is 1.53 bits per heavy atom. The van der Waals surface area contributed by atoms with Gasteiger partial charge in [-0.3, -0.25) is 4.79 Å². The topological polar surface area (TPSA) is 66.4 Å². The molecule has 4 heteroatoms. The Labute approximate surface area is 112 Å². The molecule has 0 heterocycles. The summed E-state index contributed by atoms with van der Waals surface area (Å²) in [7, 11) is 0. The number of hydrogen-bond acceptors (Lipinski definition) is 2. The van der Waals surface area contributed by atoms with Gasteiger partial charge in [0, 0.05) is 6.04 Å². The first-order valence-electron chi connectivity index (χ1n) is 6.33. The summed E-state index contributed by atoms with van der Waals surface area (Å²) in [6.45, 7) is 8.39. The first-order chi connectivity index (χ1) is 8.69. The lowest BCUT2D eigenvalue weighted by Crippen LogP contribution is -2.31. The maximum atomic E-state index is 12.2. The summed E-state index contributed by atoms with van der Waals surface area (Å²) < 4.78 is 0. The van der Waals surface area contributed by atoms with Crippen LogP contribution in [0.2, 0.25) is 0 Å². The van der Waals surface area contributed by atoms with Crippen LogP contribution in [0.25, 0.3) is 0 Å². The van der Waals surface area contributed by atoms with Gasteiger partial charge in [0.05, 0.1) is 11.1 Å². The number of carbonyl (C=O) groups is 2. The number of hydrogen-bond donors (Lipinski definition) is 2. The van der Waals surface area contributed by atoms with Crippen LogP contribution in [0.5, 0.6) is 0 Å². The Bertz CT molecular complexity index is 532. The largest absolute Gasteiger partial charge is 0.478 e. The average molecular weight is 261 g/mol. The van der Waals surface area contributed by atoms with Gasteiger partial charge in [0.1, 0.15) is 0 Å². The van der Waals surface area contributed by atoms with Crippen LogP contribution in [0.1, 0.15) is 48.4 Å². The molecule has 1 aromatic rings. The molecule has 1 aliphatic rings. The fourth-order valence-electron chi connectivity index (χ4n) is 2.63. The maximum absolute atomic E-state index is 12.2. The van der Waals surface area contributed by atoms with Gasteiger partial charge in [0.2, 0.25) is 0 Å². The smallest absolute Gasteiger partial charge is 0.336 e. The molecule has 0 spiro atoms. The molecule has 1 amide bonds. The van der Waals surface area contributed by atoms with Crippen molar-refractivity contribution >= 4 is 11.9 Å². The van der Waals surface area contributed by atoms with Crippen molar-refractivity contribution in [3.8, 4) is 0 Å². The summed E-state index contributed by atoms with van der Waals surface area (Å²) in [6, 6.07) is 6.34. The van der Waals surface area contributed by atoms with Gasteiger partial charge in [-0.2, -0.15) is 0 Å². The molecular formula is C15H19NO3. The van der Waals surface area contributed by atoms with Crippen LogP contribution in [0.4, 0.5) is 0 Å². The summed E-state index contributed by atoms with van der Waals surface area (Å²) in [6.07, 6.45) is 0. The summed E-state index contributed by atoms with van der Waals surface area (Å²) >= 11 is 0. The minimum Gasteiger partial charge on any atom is -0.478 e. The van der Waals surface area contributed by atoms with E-state index in [0.717, 1.165) is 0 Å². The zero-order chi connectivity index (χ0) is 14.4. The minimum atomic E-state index is -1.08. The highest BCUT2D eigenvalue weighted by atomic mass is 16.4. The molecule has 0 bridgehead atoms. The number of benzene rings is 1. The molecule has 1 fully saturated rings. The maximum Gasteiger partial charge on any atom is 0.336 e. The molecule has 2 N–H and O–H groups in total. The van der Waals surface area contributed by atoms with Crippen molar-refractivity contribution < 1.29 is 14.7 Å². The third-order valence-corrected chi connectivity index (χ3v) is 4.70. The molecule has 102 valence electrons. The van der Waals surface area contributed by atoms with E-state index in [4.69, 9.17) is 5.11 Å². The predicted octanol–water partition coefficient (Wildman–Crippen LogP) is 2.55.